The Labute approximate surface area is 149 Å². The third-order valence-electron chi connectivity index (χ3n) is 3.67. The topological polar surface area (TPSA) is 133 Å². The first-order chi connectivity index (χ1) is 12.4. The molecule has 2 N–H and O–H groups in total. The van der Waals surface area contributed by atoms with E-state index in [4.69, 9.17) is 9.47 Å². The minimum atomic E-state index is -0.654. The number of carbonyl (C=O) groups excluding carboxylic acids is 2. The van der Waals surface area contributed by atoms with Crippen molar-refractivity contribution in [3.05, 3.63) is 39.2 Å². The number of ether oxygens (including phenoxy) is 2. The van der Waals surface area contributed by atoms with Gasteiger partial charge in [0.15, 0.2) is 0 Å². The molecule has 2 heterocycles. The quantitative estimate of drug-likeness (QED) is 0.426. The van der Waals surface area contributed by atoms with Crippen LogP contribution in [0.2, 0.25) is 0 Å². The van der Waals surface area contributed by atoms with Crippen molar-refractivity contribution in [1.29, 1.82) is 0 Å². The molecule has 1 unspecified atom stereocenters. The van der Waals surface area contributed by atoms with Crippen LogP contribution in [0, 0.1) is 17.0 Å². The number of aromatic nitrogens is 1. The van der Waals surface area contributed by atoms with Gasteiger partial charge in [-0.2, -0.15) is 0 Å². The lowest BCUT2D eigenvalue weighted by Crippen LogP contribution is -2.51. The molecule has 0 bridgehead atoms. The second-order valence-electron chi connectivity index (χ2n) is 5.49. The van der Waals surface area contributed by atoms with Crippen LogP contribution in [0.25, 0.3) is 0 Å². The summed E-state index contributed by atoms with van der Waals surface area (Å²) in [6.07, 6.45) is 0.470. The normalized spacial score (nSPS) is 16.6. The highest BCUT2D eigenvalue weighted by Gasteiger charge is 2.32. The van der Waals surface area contributed by atoms with Gasteiger partial charge in [-0.25, -0.2) is 9.59 Å². The lowest BCUT2D eigenvalue weighted by atomic mass is 10.0. The van der Waals surface area contributed by atoms with E-state index in [0.717, 1.165) is 0 Å². The number of nitrogens with zero attached hydrogens (tertiary/aromatic N) is 2. The lowest BCUT2D eigenvalue weighted by molar-refractivity contribution is -0.390. The SMILES string of the molecule is CCOC(=O)C1=C(COc2ccc(C)nc2[N+](=O)[O-])NC(=O)NC1CC. The van der Waals surface area contributed by atoms with Crippen molar-refractivity contribution < 1.29 is 24.0 Å². The highest BCUT2D eigenvalue weighted by atomic mass is 16.6. The van der Waals surface area contributed by atoms with Crippen molar-refractivity contribution in [3.8, 4) is 5.75 Å². The molecule has 10 nitrogen and oxygen atoms in total. The number of nitrogens with one attached hydrogen (secondary N) is 2. The molecule has 1 aromatic rings. The van der Waals surface area contributed by atoms with E-state index in [1.807, 2.05) is 6.92 Å². The van der Waals surface area contributed by atoms with E-state index in [1.165, 1.54) is 6.07 Å². The first-order valence-corrected chi connectivity index (χ1v) is 8.09. The Morgan fingerprint density at radius 3 is 2.73 bits per heavy atom. The van der Waals surface area contributed by atoms with Gasteiger partial charge in [-0.05, 0) is 35.4 Å². The minimum absolute atomic E-state index is 0.0582. The second-order valence-corrected chi connectivity index (χ2v) is 5.49. The van der Waals surface area contributed by atoms with Gasteiger partial charge in [0.2, 0.25) is 5.75 Å². The van der Waals surface area contributed by atoms with Crippen LogP contribution in [0.15, 0.2) is 23.4 Å². The van der Waals surface area contributed by atoms with Crippen molar-refractivity contribution in [2.45, 2.75) is 33.2 Å². The van der Waals surface area contributed by atoms with Gasteiger partial charge in [-0.3, -0.25) is 0 Å². The van der Waals surface area contributed by atoms with E-state index in [1.54, 1.807) is 19.9 Å². The summed E-state index contributed by atoms with van der Waals surface area (Å²) in [6, 6.07) is 1.97. The van der Waals surface area contributed by atoms with Gasteiger partial charge in [0.1, 0.15) is 12.3 Å². The van der Waals surface area contributed by atoms with E-state index < -0.39 is 28.8 Å². The number of rotatable bonds is 7. The molecule has 140 valence electrons. The maximum Gasteiger partial charge on any atom is 0.406 e. The Bertz CT molecular complexity index is 761. The molecule has 0 aliphatic carbocycles. The van der Waals surface area contributed by atoms with Crippen molar-refractivity contribution in [2.24, 2.45) is 0 Å². The fourth-order valence-electron chi connectivity index (χ4n) is 2.50. The average molecular weight is 364 g/mol. The number of urea groups is 1. The van der Waals surface area contributed by atoms with Crippen LogP contribution >= 0.6 is 0 Å². The molecule has 2 amide bonds. The molecule has 0 saturated carbocycles. The average Bonchev–Trinajstić information content (AvgIpc) is 2.59. The Balaban J connectivity index is 2.33. The maximum absolute atomic E-state index is 12.3. The van der Waals surface area contributed by atoms with Crippen LogP contribution in [0.4, 0.5) is 10.6 Å². The van der Waals surface area contributed by atoms with Gasteiger partial charge in [-0.1, -0.05) is 6.92 Å². The summed E-state index contributed by atoms with van der Waals surface area (Å²) in [6.45, 7) is 5.03. The molecule has 0 fully saturated rings. The number of hydrogen-bond acceptors (Lipinski definition) is 7. The highest BCUT2D eigenvalue weighted by Crippen LogP contribution is 2.26. The number of aryl methyl sites for hydroxylation is 1. The molecule has 10 heteroatoms. The van der Waals surface area contributed by atoms with Gasteiger partial charge in [-0.15, -0.1) is 0 Å². The summed E-state index contributed by atoms with van der Waals surface area (Å²) < 4.78 is 10.5. The number of amides is 2. The predicted molar refractivity (Wildman–Crippen MR) is 90.5 cm³/mol. The van der Waals surface area contributed by atoms with E-state index >= 15 is 0 Å². The number of carbonyl (C=O) groups is 2. The first-order valence-electron chi connectivity index (χ1n) is 8.09. The Morgan fingerprint density at radius 1 is 1.38 bits per heavy atom. The van der Waals surface area contributed by atoms with Gasteiger partial charge in [0.25, 0.3) is 0 Å². The summed E-state index contributed by atoms with van der Waals surface area (Å²) in [5.74, 6) is -1.07. The number of hydrogen-bond donors (Lipinski definition) is 2. The van der Waals surface area contributed by atoms with E-state index in [2.05, 4.69) is 15.6 Å². The molecule has 26 heavy (non-hydrogen) atoms. The number of nitro groups is 1. The summed E-state index contributed by atoms with van der Waals surface area (Å²) in [4.78, 5) is 38.4. The predicted octanol–water partition coefficient (Wildman–Crippen LogP) is 1.59. The first kappa shape index (κ1) is 19.2. The second kappa shape index (κ2) is 8.28. The van der Waals surface area contributed by atoms with E-state index in [9.17, 15) is 19.7 Å². The van der Waals surface area contributed by atoms with Crippen molar-refractivity contribution >= 4 is 17.8 Å². The molecule has 1 aliphatic rings. The largest absolute Gasteiger partial charge is 0.479 e. The van der Waals surface area contributed by atoms with Crippen molar-refractivity contribution in [3.63, 3.8) is 0 Å². The van der Waals surface area contributed by atoms with Crippen molar-refractivity contribution in [2.75, 3.05) is 13.2 Å². The van der Waals surface area contributed by atoms with Crippen LogP contribution in [0.1, 0.15) is 26.0 Å². The molecule has 1 aromatic heterocycles. The molecule has 0 aromatic carbocycles. The molecule has 0 spiro atoms. The third-order valence-corrected chi connectivity index (χ3v) is 3.67. The van der Waals surface area contributed by atoms with Crippen LogP contribution < -0.4 is 15.4 Å². The Hall–Kier alpha value is -3.17. The number of pyridine rings is 1. The zero-order valence-corrected chi connectivity index (χ0v) is 14.7. The van der Waals surface area contributed by atoms with Gasteiger partial charge >= 0.3 is 17.8 Å². The third kappa shape index (κ3) is 4.26. The van der Waals surface area contributed by atoms with E-state index in [0.29, 0.717) is 12.1 Å². The fourth-order valence-corrected chi connectivity index (χ4v) is 2.50. The van der Waals surface area contributed by atoms with Gasteiger partial charge in [0, 0.05) is 6.92 Å². The summed E-state index contributed by atoms with van der Waals surface area (Å²) >= 11 is 0. The molecule has 0 radical (unpaired) electrons. The van der Waals surface area contributed by atoms with Crippen LogP contribution in [-0.2, 0) is 9.53 Å². The van der Waals surface area contributed by atoms with Gasteiger partial charge in [0.05, 0.1) is 23.9 Å². The lowest BCUT2D eigenvalue weighted by Gasteiger charge is -2.28. The Morgan fingerprint density at radius 2 is 2.12 bits per heavy atom. The molecular weight excluding hydrogens is 344 g/mol. The molecule has 1 aliphatic heterocycles. The summed E-state index contributed by atoms with van der Waals surface area (Å²) in [5.41, 5.74) is 0.905. The minimum Gasteiger partial charge on any atom is -0.479 e. The molecule has 2 rings (SSSR count). The van der Waals surface area contributed by atoms with Crippen LogP contribution in [0.5, 0.6) is 5.75 Å². The zero-order chi connectivity index (χ0) is 19.3. The van der Waals surface area contributed by atoms with E-state index in [-0.39, 0.29) is 30.2 Å². The van der Waals surface area contributed by atoms with Gasteiger partial charge < -0.3 is 30.2 Å². The smallest absolute Gasteiger partial charge is 0.406 e. The molecule has 1 atom stereocenters. The monoisotopic (exact) mass is 364 g/mol. The summed E-state index contributed by atoms with van der Waals surface area (Å²) in [7, 11) is 0. The standard InChI is InChI=1S/C16H20N4O6/c1-4-10-13(15(21)25-5-2)11(19-16(22)18-10)8-26-12-7-6-9(3)17-14(12)20(23)24/h6-7,10H,4-5,8H2,1-3H3,(H2,18,19,22). The zero-order valence-electron chi connectivity index (χ0n) is 14.7. The molecule has 0 saturated heterocycles. The molecular formula is C16H20N4O6. The fraction of sp³-hybridized carbons (Fsp3) is 0.438. The van der Waals surface area contributed by atoms with Crippen LogP contribution in [0.3, 0.4) is 0 Å². The van der Waals surface area contributed by atoms with Crippen molar-refractivity contribution in [1.82, 2.24) is 15.6 Å². The number of esters is 1. The Kier molecular flexibility index (Phi) is 6.10. The highest BCUT2D eigenvalue weighted by molar-refractivity contribution is 5.94. The van der Waals surface area contributed by atoms with Crippen LogP contribution in [-0.4, -0.2) is 41.2 Å². The maximum atomic E-state index is 12.3. The summed E-state index contributed by atoms with van der Waals surface area (Å²) in [5, 5.41) is 16.3.